The van der Waals surface area contributed by atoms with Crippen molar-refractivity contribution in [3.8, 4) is 0 Å². The number of hydrogen-bond acceptors (Lipinski definition) is 3. The number of rotatable bonds is 6. The van der Waals surface area contributed by atoms with Crippen molar-refractivity contribution in [2.24, 2.45) is 11.7 Å². The second-order valence-corrected chi connectivity index (χ2v) is 6.40. The third-order valence-electron chi connectivity index (χ3n) is 4.03. The molecule has 0 spiro atoms. The van der Waals surface area contributed by atoms with Crippen LogP contribution in [0, 0.1) is 12.8 Å². The maximum atomic E-state index is 11.5. The van der Waals surface area contributed by atoms with E-state index in [1.807, 2.05) is 0 Å². The number of hydrogen-bond donors (Lipinski definition) is 2. The van der Waals surface area contributed by atoms with E-state index in [9.17, 15) is 4.79 Å². The van der Waals surface area contributed by atoms with Crippen LogP contribution in [-0.2, 0) is 11.3 Å². The predicted octanol–water partition coefficient (Wildman–Crippen LogP) is 2.19. The van der Waals surface area contributed by atoms with Gasteiger partial charge in [0.25, 0.3) is 0 Å². The summed E-state index contributed by atoms with van der Waals surface area (Å²) in [6.07, 6.45) is 1.90. The Morgan fingerprint density at radius 2 is 2.24 bits per heavy atom. The molecule has 0 aromatic heterocycles. The van der Waals surface area contributed by atoms with Gasteiger partial charge < -0.3 is 16.0 Å². The van der Waals surface area contributed by atoms with E-state index < -0.39 is 0 Å². The molecule has 1 aliphatic rings. The van der Waals surface area contributed by atoms with E-state index >= 15 is 0 Å². The summed E-state index contributed by atoms with van der Waals surface area (Å²) in [5, 5.41) is 3.46. The van der Waals surface area contributed by atoms with Crippen molar-refractivity contribution in [1.29, 1.82) is 0 Å². The summed E-state index contributed by atoms with van der Waals surface area (Å²) in [5.41, 5.74) is 9.15. The predicted molar refractivity (Wildman–Crippen MR) is 87.3 cm³/mol. The third-order valence-corrected chi connectivity index (χ3v) is 4.03. The molecule has 21 heavy (non-hydrogen) atoms. The fourth-order valence-electron chi connectivity index (χ4n) is 3.01. The third kappa shape index (κ3) is 3.97. The van der Waals surface area contributed by atoms with Crippen LogP contribution in [-0.4, -0.2) is 25.0 Å². The van der Waals surface area contributed by atoms with Crippen molar-refractivity contribution in [3.63, 3.8) is 0 Å². The number of carbonyl (C=O) groups excluding carboxylic acids is 1. The standard InChI is InChI=1S/C17H27N3O/c1-12(2)10-19-11-14-6-7-15(13(3)9-14)20-8-4-5-16(20)17(18)21/h6-7,9,12,16,19H,4-5,8,10-11H2,1-3H3,(H2,18,21). The number of aryl methyl sites for hydroxylation is 1. The number of amides is 1. The zero-order chi connectivity index (χ0) is 15.4. The van der Waals surface area contributed by atoms with E-state index in [1.54, 1.807) is 0 Å². The molecule has 2 rings (SSSR count). The Morgan fingerprint density at radius 1 is 1.48 bits per heavy atom. The van der Waals surface area contributed by atoms with Crippen molar-refractivity contribution in [3.05, 3.63) is 29.3 Å². The molecule has 1 aliphatic heterocycles. The molecule has 1 aromatic rings. The fraction of sp³-hybridized carbons (Fsp3) is 0.588. The van der Waals surface area contributed by atoms with Crippen LogP contribution in [0.1, 0.15) is 37.8 Å². The van der Waals surface area contributed by atoms with Crippen molar-refractivity contribution < 1.29 is 4.79 Å². The molecule has 1 saturated heterocycles. The molecule has 4 heteroatoms. The van der Waals surface area contributed by atoms with E-state index in [0.29, 0.717) is 5.92 Å². The van der Waals surface area contributed by atoms with E-state index in [-0.39, 0.29) is 11.9 Å². The van der Waals surface area contributed by atoms with E-state index in [0.717, 1.165) is 38.2 Å². The Bertz CT molecular complexity index is 499. The first kappa shape index (κ1) is 15.8. The average Bonchev–Trinajstić information content (AvgIpc) is 2.87. The molecule has 4 nitrogen and oxygen atoms in total. The van der Waals surface area contributed by atoms with Crippen LogP contribution < -0.4 is 16.0 Å². The number of nitrogens with one attached hydrogen (secondary N) is 1. The van der Waals surface area contributed by atoms with E-state index in [2.05, 4.69) is 49.2 Å². The lowest BCUT2D eigenvalue weighted by atomic mass is 10.1. The molecule has 0 radical (unpaired) electrons. The zero-order valence-electron chi connectivity index (χ0n) is 13.4. The van der Waals surface area contributed by atoms with Gasteiger partial charge in [-0.2, -0.15) is 0 Å². The highest BCUT2D eigenvalue weighted by atomic mass is 16.1. The molecule has 0 bridgehead atoms. The smallest absolute Gasteiger partial charge is 0.240 e. The number of nitrogens with zero attached hydrogens (tertiary/aromatic N) is 1. The topological polar surface area (TPSA) is 58.4 Å². The number of anilines is 1. The summed E-state index contributed by atoms with van der Waals surface area (Å²) < 4.78 is 0. The molecule has 116 valence electrons. The summed E-state index contributed by atoms with van der Waals surface area (Å²) in [7, 11) is 0. The quantitative estimate of drug-likeness (QED) is 0.844. The summed E-state index contributed by atoms with van der Waals surface area (Å²) in [4.78, 5) is 13.7. The lowest BCUT2D eigenvalue weighted by molar-refractivity contribution is -0.119. The fourth-order valence-corrected chi connectivity index (χ4v) is 3.01. The van der Waals surface area contributed by atoms with Crippen LogP contribution in [0.2, 0.25) is 0 Å². The first-order valence-corrected chi connectivity index (χ1v) is 7.85. The highest BCUT2D eigenvalue weighted by molar-refractivity contribution is 5.84. The van der Waals surface area contributed by atoms with Crippen LogP contribution in [0.15, 0.2) is 18.2 Å². The van der Waals surface area contributed by atoms with Crippen LogP contribution in [0.3, 0.4) is 0 Å². The first-order valence-electron chi connectivity index (χ1n) is 7.85. The Labute approximate surface area is 127 Å². The molecule has 1 unspecified atom stereocenters. The lowest BCUT2D eigenvalue weighted by Gasteiger charge is -2.26. The van der Waals surface area contributed by atoms with Gasteiger partial charge >= 0.3 is 0 Å². The Morgan fingerprint density at radius 3 is 2.86 bits per heavy atom. The van der Waals surface area contributed by atoms with Gasteiger partial charge in [0.15, 0.2) is 0 Å². The number of benzene rings is 1. The minimum absolute atomic E-state index is 0.145. The number of primary amides is 1. The van der Waals surface area contributed by atoms with Gasteiger partial charge in [-0.1, -0.05) is 26.0 Å². The zero-order valence-corrected chi connectivity index (χ0v) is 13.4. The molecule has 1 heterocycles. The van der Waals surface area contributed by atoms with Crippen LogP contribution in [0.25, 0.3) is 0 Å². The van der Waals surface area contributed by atoms with E-state index in [4.69, 9.17) is 5.73 Å². The normalized spacial score (nSPS) is 18.5. The molecule has 1 atom stereocenters. The van der Waals surface area contributed by atoms with Crippen molar-refractivity contribution in [2.45, 2.75) is 46.2 Å². The van der Waals surface area contributed by atoms with Gasteiger partial charge in [-0.3, -0.25) is 4.79 Å². The Hall–Kier alpha value is -1.55. The van der Waals surface area contributed by atoms with Gasteiger partial charge in [0.1, 0.15) is 6.04 Å². The summed E-state index contributed by atoms with van der Waals surface area (Å²) >= 11 is 0. The van der Waals surface area contributed by atoms with Gasteiger partial charge in [0, 0.05) is 18.8 Å². The molecule has 1 amide bonds. The molecule has 0 saturated carbocycles. The van der Waals surface area contributed by atoms with Crippen molar-refractivity contribution >= 4 is 11.6 Å². The summed E-state index contributed by atoms with van der Waals surface area (Å²) in [5.74, 6) is 0.445. The molecule has 1 aromatic carbocycles. The Kier molecular flexibility index (Phi) is 5.23. The van der Waals surface area contributed by atoms with Crippen LogP contribution in [0.5, 0.6) is 0 Å². The second-order valence-electron chi connectivity index (χ2n) is 6.40. The lowest BCUT2D eigenvalue weighted by Crippen LogP contribution is -2.40. The van der Waals surface area contributed by atoms with Crippen LogP contribution in [0.4, 0.5) is 5.69 Å². The minimum atomic E-state index is -0.213. The van der Waals surface area contributed by atoms with Gasteiger partial charge in [-0.25, -0.2) is 0 Å². The molecular weight excluding hydrogens is 262 g/mol. The molecule has 3 N–H and O–H groups in total. The van der Waals surface area contributed by atoms with Gasteiger partial charge in [-0.15, -0.1) is 0 Å². The van der Waals surface area contributed by atoms with Gasteiger partial charge in [0.05, 0.1) is 0 Å². The highest BCUT2D eigenvalue weighted by Crippen LogP contribution is 2.29. The second kappa shape index (κ2) is 6.94. The van der Waals surface area contributed by atoms with Gasteiger partial charge in [0.2, 0.25) is 5.91 Å². The van der Waals surface area contributed by atoms with Gasteiger partial charge in [-0.05, 0) is 49.4 Å². The van der Waals surface area contributed by atoms with Crippen molar-refractivity contribution in [1.82, 2.24) is 5.32 Å². The largest absolute Gasteiger partial charge is 0.368 e. The SMILES string of the molecule is Cc1cc(CNCC(C)C)ccc1N1CCCC1C(N)=O. The highest BCUT2D eigenvalue weighted by Gasteiger charge is 2.29. The summed E-state index contributed by atoms with van der Waals surface area (Å²) in [6.45, 7) is 9.35. The maximum Gasteiger partial charge on any atom is 0.240 e. The number of nitrogens with two attached hydrogens (primary N) is 1. The first-order chi connectivity index (χ1) is 9.99. The molecule has 0 aliphatic carbocycles. The maximum absolute atomic E-state index is 11.5. The minimum Gasteiger partial charge on any atom is -0.368 e. The average molecular weight is 289 g/mol. The van der Waals surface area contributed by atoms with Crippen molar-refractivity contribution in [2.75, 3.05) is 18.0 Å². The summed E-state index contributed by atoms with van der Waals surface area (Å²) in [6, 6.07) is 6.34. The Balaban J connectivity index is 2.07. The molecule has 1 fully saturated rings. The monoisotopic (exact) mass is 289 g/mol. The number of carbonyl (C=O) groups is 1. The molecular formula is C17H27N3O. The van der Waals surface area contributed by atoms with Crippen LogP contribution >= 0.6 is 0 Å². The van der Waals surface area contributed by atoms with E-state index in [1.165, 1.54) is 11.1 Å².